The van der Waals surface area contributed by atoms with Gasteiger partial charge in [0.05, 0.1) is 0 Å². The van der Waals surface area contributed by atoms with Crippen molar-refractivity contribution in [3.63, 3.8) is 0 Å². The third kappa shape index (κ3) is 2.93. The molecule has 0 aliphatic carbocycles. The quantitative estimate of drug-likeness (QED) is 0.879. The van der Waals surface area contributed by atoms with Crippen LogP contribution in [0.4, 0.5) is 0 Å². The molecule has 2 heteroatoms. The number of hydrogen-bond donors (Lipinski definition) is 1. The van der Waals surface area contributed by atoms with Gasteiger partial charge in [-0.3, -0.25) is 4.90 Å². The van der Waals surface area contributed by atoms with Crippen LogP contribution in [-0.4, -0.2) is 30.6 Å². The van der Waals surface area contributed by atoms with Crippen molar-refractivity contribution in [2.75, 3.05) is 19.6 Å². The molecule has 1 heterocycles. The van der Waals surface area contributed by atoms with Crippen molar-refractivity contribution in [2.45, 2.75) is 46.7 Å². The van der Waals surface area contributed by atoms with Crippen LogP contribution in [0.3, 0.4) is 0 Å². The van der Waals surface area contributed by atoms with Crippen LogP contribution in [0.1, 0.15) is 35.6 Å². The molecule has 0 amide bonds. The van der Waals surface area contributed by atoms with Gasteiger partial charge < -0.3 is 5.32 Å². The van der Waals surface area contributed by atoms with E-state index in [4.69, 9.17) is 0 Å². The van der Waals surface area contributed by atoms with E-state index < -0.39 is 0 Å². The monoisotopic (exact) mass is 246 g/mol. The Hall–Kier alpha value is -0.860. The molecule has 0 radical (unpaired) electrons. The van der Waals surface area contributed by atoms with Crippen LogP contribution in [-0.2, 0) is 6.54 Å². The molecular weight excluding hydrogens is 220 g/mol. The zero-order valence-electron chi connectivity index (χ0n) is 12.2. The maximum atomic E-state index is 3.47. The van der Waals surface area contributed by atoms with Crippen molar-refractivity contribution in [1.29, 1.82) is 0 Å². The average Bonchev–Trinajstić information content (AvgIpc) is 2.81. The molecule has 0 bridgehead atoms. The molecule has 0 spiro atoms. The molecule has 1 aliphatic rings. The normalized spacial score (nSPS) is 19.7. The highest BCUT2D eigenvalue weighted by atomic mass is 15.2. The SMILES string of the molecule is CCN(Cc1c(C)cc(C)cc1C)C1CCNC1. The number of aryl methyl sites for hydroxylation is 3. The van der Waals surface area contributed by atoms with E-state index in [1.165, 1.54) is 35.2 Å². The first-order valence-electron chi connectivity index (χ1n) is 7.13. The molecular formula is C16H26N2. The minimum Gasteiger partial charge on any atom is -0.315 e. The smallest absolute Gasteiger partial charge is 0.0242 e. The molecule has 1 atom stereocenters. The number of rotatable bonds is 4. The van der Waals surface area contributed by atoms with E-state index in [1.54, 1.807) is 0 Å². The Balaban J connectivity index is 2.16. The van der Waals surface area contributed by atoms with Gasteiger partial charge >= 0.3 is 0 Å². The Labute approximate surface area is 111 Å². The molecule has 1 fully saturated rings. The Bertz CT molecular complexity index is 383. The minimum absolute atomic E-state index is 0.718. The Morgan fingerprint density at radius 1 is 1.22 bits per heavy atom. The van der Waals surface area contributed by atoms with Gasteiger partial charge in [-0.05, 0) is 57.0 Å². The van der Waals surface area contributed by atoms with Crippen LogP contribution in [0.5, 0.6) is 0 Å². The fraction of sp³-hybridized carbons (Fsp3) is 0.625. The summed E-state index contributed by atoms with van der Waals surface area (Å²) >= 11 is 0. The highest BCUT2D eigenvalue weighted by Gasteiger charge is 2.21. The molecule has 100 valence electrons. The standard InChI is InChI=1S/C16H26N2/c1-5-18(15-6-7-17-10-15)11-16-13(3)8-12(2)9-14(16)4/h8-9,15,17H,5-7,10-11H2,1-4H3. The molecule has 1 aliphatic heterocycles. The van der Waals surface area contributed by atoms with E-state index in [0.717, 1.165) is 25.7 Å². The lowest BCUT2D eigenvalue weighted by Crippen LogP contribution is -2.36. The summed E-state index contributed by atoms with van der Waals surface area (Å²) < 4.78 is 0. The summed E-state index contributed by atoms with van der Waals surface area (Å²) in [4.78, 5) is 2.62. The number of nitrogens with zero attached hydrogens (tertiary/aromatic N) is 1. The Morgan fingerprint density at radius 2 is 1.89 bits per heavy atom. The lowest BCUT2D eigenvalue weighted by atomic mass is 9.99. The second kappa shape index (κ2) is 5.85. The van der Waals surface area contributed by atoms with Gasteiger partial charge in [0.2, 0.25) is 0 Å². The van der Waals surface area contributed by atoms with E-state index in [2.05, 4.69) is 50.0 Å². The molecule has 18 heavy (non-hydrogen) atoms. The van der Waals surface area contributed by atoms with Crippen LogP contribution in [0.25, 0.3) is 0 Å². The van der Waals surface area contributed by atoms with E-state index in [1.807, 2.05) is 0 Å². The van der Waals surface area contributed by atoms with E-state index in [0.29, 0.717) is 0 Å². The lowest BCUT2D eigenvalue weighted by molar-refractivity contribution is 0.209. The molecule has 0 saturated carbocycles. The predicted molar refractivity (Wildman–Crippen MR) is 78.0 cm³/mol. The molecule has 1 saturated heterocycles. The van der Waals surface area contributed by atoms with Crippen molar-refractivity contribution in [2.24, 2.45) is 0 Å². The van der Waals surface area contributed by atoms with Crippen molar-refractivity contribution in [3.05, 3.63) is 34.4 Å². The number of benzene rings is 1. The van der Waals surface area contributed by atoms with Gasteiger partial charge in [0.1, 0.15) is 0 Å². The fourth-order valence-electron chi connectivity index (χ4n) is 3.11. The zero-order valence-corrected chi connectivity index (χ0v) is 12.2. The van der Waals surface area contributed by atoms with Gasteiger partial charge in [0, 0.05) is 19.1 Å². The van der Waals surface area contributed by atoms with E-state index in [-0.39, 0.29) is 0 Å². The Kier molecular flexibility index (Phi) is 4.41. The summed E-state index contributed by atoms with van der Waals surface area (Å²) in [6, 6.07) is 5.33. The summed E-state index contributed by atoms with van der Waals surface area (Å²) in [5, 5.41) is 3.47. The molecule has 1 unspecified atom stereocenters. The maximum Gasteiger partial charge on any atom is 0.0242 e. The molecule has 2 rings (SSSR count). The van der Waals surface area contributed by atoms with Crippen LogP contribution in [0, 0.1) is 20.8 Å². The number of hydrogen-bond acceptors (Lipinski definition) is 2. The third-order valence-corrected chi connectivity index (χ3v) is 4.16. The molecule has 0 aromatic heterocycles. The van der Waals surface area contributed by atoms with Crippen LogP contribution < -0.4 is 5.32 Å². The first-order valence-corrected chi connectivity index (χ1v) is 7.13. The van der Waals surface area contributed by atoms with Crippen molar-refractivity contribution in [3.8, 4) is 0 Å². The topological polar surface area (TPSA) is 15.3 Å². The zero-order chi connectivity index (χ0) is 13.1. The minimum atomic E-state index is 0.718. The molecule has 1 aromatic rings. The second-order valence-corrected chi connectivity index (χ2v) is 5.59. The molecule has 1 aromatic carbocycles. The van der Waals surface area contributed by atoms with Gasteiger partial charge in [0.25, 0.3) is 0 Å². The maximum absolute atomic E-state index is 3.47. The molecule has 2 nitrogen and oxygen atoms in total. The first kappa shape index (κ1) is 13.6. The highest BCUT2D eigenvalue weighted by molar-refractivity contribution is 5.37. The number of nitrogens with one attached hydrogen (secondary N) is 1. The van der Waals surface area contributed by atoms with Gasteiger partial charge in [0.15, 0.2) is 0 Å². The number of likely N-dealkylation sites (N-methyl/N-ethyl adjacent to an activating group) is 1. The van der Waals surface area contributed by atoms with Gasteiger partial charge in [-0.25, -0.2) is 0 Å². The van der Waals surface area contributed by atoms with Crippen LogP contribution in [0.2, 0.25) is 0 Å². The molecule has 1 N–H and O–H groups in total. The van der Waals surface area contributed by atoms with Crippen LogP contribution in [0.15, 0.2) is 12.1 Å². The summed E-state index contributed by atoms with van der Waals surface area (Å²) in [5.74, 6) is 0. The fourth-order valence-corrected chi connectivity index (χ4v) is 3.11. The first-order chi connectivity index (χ1) is 8.61. The van der Waals surface area contributed by atoms with Gasteiger partial charge in [-0.15, -0.1) is 0 Å². The van der Waals surface area contributed by atoms with Crippen molar-refractivity contribution < 1.29 is 0 Å². The van der Waals surface area contributed by atoms with E-state index in [9.17, 15) is 0 Å². The summed E-state index contributed by atoms with van der Waals surface area (Å²) in [5.41, 5.74) is 5.78. The predicted octanol–water partition coefficient (Wildman–Crippen LogP) is 2.80. The average molecular weight is 246 g/mol. The van der Waals surface area contributed by atoms with Gasteiger partial charge in [-0.2, -0.15) is 0 Å². The van der Waals surface area contributed by atoms with Crippen molar-refractivity contribution >= 4 is 0 Å². The third-order valence-electron chi connectivity index (χ3n) is 4.16. The van der Waals surface area contributed by atoms with Gasteiger partial charge in [-0.1, -0.05) is 24.6 Å². The largest absolute Gasteiger partial charge is 0.315 e. The van der Waals surface area contributed by atoms with Crippen molar-refractivity contribution in [1.82, 2.24) is 10.2 Å². The summed E-state index contributed by atoms with van der Waals surface area (Å²) in [6.07, 6.45) is 1.29. The highest BCUT2D eigenvalue weighted by Crippen LogP contribution is 2.20. The second-order valence-electron chi connectivity index (χ2n) is 5.59. The Morgan fingerprint density at radius 3 is 2.39 bits per heavy atom. The van der Waals surface area contributed by atoms with E-state index >= 15 is 0 Å². The summed E-state index contributed by atoms with van der Waals surface area (Å²) in [6.45, 7) is 13.5. The summed E-state index contributed by atoms with van der Waals surface area (Å²) in [7, 11) is 0. The lowest BCUT2D eigenvalue weighted by Gasteiger charge is -2.28. The van der Waals surface area contributed by atoms with Crippen LogP contribution >= 0.6 is 0 Å².